The maximum absolute atomic E-state index is 12.6. The third kappa shape index (κ3) is 5.57. The Morgan fingerprint density at radius 2 is 1.69 bits per heavy atom. The lowest BCUT2D eigenvalue weighted by Crippen LogP contribution is -2.47. The lowest BCUT2D eigenvalue weighted by Gasteiger charge is -2.32. The van der Waals surface area contributed by atoms with Crippen LogP contribution in [0.3, 0.4) is 0 Å². The van der Waals surface area contributed by atoms with Crippen LogP contribution in [0.2, 0.25) is 0 Å². The van der Waals surface area contributed by atoms with Crippen molar-refractivity contribution in [2.75, 3.05) is 25.0 Å². The fourth-order valence-corrected chi connectivity index (χ4v) is 3.48. The molecule has 1 heterocycles. The number of urea groups is 1. The van der Waals surface area contributed by atoms with Crippen molar-refractivity contribution in [3.63, 3.8) is 0 Å². The molecule has 0 bridgehead atoms. The maximum Gasteiger partial charge on any atom is 0.321 e. The van der Waals surface area contributed by atoms with E-state index in [9.17, 15) is 19.5 Å². The Morgan fingerprint density at radius 1 is 1.03 bits per heavy atom. The highest BCUT2D eigenvalue weighted by molar-refractivity contribution is 5.90. The van der Waals surface area contributed by atoms with Gasteiger partial charge in [-0.1, -0.05) is 48.5 Å². The smallest absolute Gasteiger partial charge is 0.321 e. The van der Waals surface area contributed by atoms with E-state index in [4.69, 9.17) is 0 Å². The summed E-state index contributed by atoms with van der Waals surface area (Å²) < 4.78 is 0. The summed E-state index contributed by atoms with van der Waals surface area (Å²) >= 11 is 0. The number of nitrogens with one attached hydrogen (secondary N) is 2. The number of carbonyl (C=O) groups excluding carboxylic acids is 2. The summed E-state index contributed by atoms with van der Waals surface area (Å²) in [5.74, 6) is -2.36. The third-order valence-electron chi connectivity index (χ3n) is 5.08. The molecule has 1 saturated heterocycles. The lowest BCUT2D eigenvalue weighted by atomic mass is 9.96. The summed E-state index contributed by atoms with van der Waals surface area (Å²) in [6.07, 6.45) is 1.39. The molecule has 29 heavy (non-hydrogen) atoms. The van der Waals surface area contributed by atoms with Gasteiger partial charge in [-0.15, -0.1) is 0 Å². The minimum absolute atomic E-state index is 0.0187. The number of amides is 3. The van der Waals surface area contributed by atoms with Crippen LogP contribution in [0, 0.1) is 5.92 Å². The quantitative estimate of drug-likeness (QED) is 0.700. The highest BCUT2D eigenvalue weighted by Crippen LogP contribution is 2.19. The number of carboxylic acids is 1. The fraction of sp³-hybridized carbons (Fsp3) is 0.318. The zero-order valence-corrected chi connectivity index (χ0v) is 16.1. The van der Waals surface area contributed by atoms with Crippen molar-refractivity contribution in [3.8, 4) is 0 Å². The van der Waals surface area contributed by atoms with E-state index in [0.29, 0.717) is 30.8 Å². The highest BCUT2D eigenvalue weighted by atomic mass is 16.4. The van der Waals surface area contributed by atoms with Crippen LogP contribution in [-0.4, -0.2) is 47.5 Å². The molecule has 7 nitrogen and oxygen atoms in total. The molecule has 0 aliphatic carbocycles. The molecule has 7 heteroatoms. The van der Waals surface area contributed by atoms with Crippen LogP contribution in [0.5, 0.6) is 0 Å². The van der Waals surface area contributed by atoms with E-state index in [1.165, 1.54) is 0 Å². The molecule has 2 atom stereocenters. The molecule has 2 aromatic carbocycles. The van der Waals surface area contributed by atoms with Gasteiger partial charge in [0.15, 0.2) is 0 Å². The SMILES string of the molecule is O=C(NCC(C(=O)O)c1ccccc1)C1CCCN(C(=O)Nc2ccccc2)C1. The number of likely N-dealkylation sites (tertiary alicyclic amines) is 1. The Kier molecular flexibility index (Phi) is 6.84. The largest absolute Gasteiger partial charge is 0.481 e. The molecule has 3 rings (SSSR count). The second-order valence-electron chi connectivity index (χ2n) is 7.13. The predicted molar refractivity (Wildman–Crippen MR) is 110 cm³/mol. The number of carboxylic acid groups (broad SMARTS) is 1. The maximum atomic E-state index is 12.6. The third-order valence-corrected chi connectivity index (χ3v) is 5.08. The molecule has 0 saturated carbocycles. The Bertz CT molecular complexity index is 842. The number of nitrogens with zero attached hydrogens (tertiary/aromatic N) is 1. The van der Waals surface area contributed by atoms with Gasteiger partial charge < -0.3 is 20.6 Å². The van der Waals surface area contributed by atoms with Gasteiger partial charge in [0.1, 0.15) is 0 Å². The fourth-order valence-electron chi connectivity index (χ4n) is 3.48. The average molecular weight is 395 g/mol. The Balaban J connectivity index is 1.55. The number of rotatable bonds is 6. The Hall–Kier alpha value is -3.35. The highest BCUT2D eigenvalue weighted by Gasteiger charge is 2.29. The standard InChI is InChI=1S/C22H25N3O4/c26-20(23-14-19(21(27)28)16-8-3-1-4-9-16)17-10-7-13-25(15-17)22(29)24-18-11-5-2-6-12-18/h1-6,8-9,11-12,17,19H,7,10,13-15H2,(H,23,26)(H,24,29)(H,27,28). The number of hydrogen-bond acceptors (Lipinski definition) is 3. The minimum Gasteiger partial charge on any atom is -0.481 e. The Labute approximate surface area is 169 Å². The number of carbonyl (C=O) groups is 3. The normalized spacial score (nSPS) is 17.2. The van der Waals surface area contributed by atoms with Crippen LogP contribution >= 0.6 is 0 Å². The van der Waals surface area contributed by atoms with Crippen LogP contribution in [0.15, 0.2) is 60.7 Å². The van der Waals surface area contributed by atoms with E-state index in [1.807, 2.05) is 36.4 Å². The van der Waals surface area contributed by atoms with Gasteiger partial charge in [0.25, 0.3) is 0 Å². The molecule has 2 aromatic rings. The molecule has 152 valence electrons. The molecular formula is C22H25N3O4. The summed E-state index contributed by atoms with van der Waals surface area (Å²) in [6.45, 7) is 0.919. The van der Waals surface area contributed by atoms with Crippen molar-refractivity contribution in [2.45, 2.75) is 18.8 Å². The van der Waals surface area contributed by atoms with Crippen molar-refractivity contribution < 1.29 is 19.5 Å². The summed E-state index contributed by atoms with van der Waals surface area (Å²) in [4.78, 5) is 38.3. The van der Waals surface area contributed by atoms with Crippen LogP contribution < -0.4 is 10.6 Å². The van der Waals surface area contributed by atoms with Gasteiger partial charge in [-0.2, -0.15) is 0 Å². The van der Waals surface area contributed by atoms with Crippen LogP contribution in [-0.2, 0) is 9.59 Å². The van der Waals surface area contributed by atoms with Crippen LogP contribution in [0.4, 0.5) is 10.5 Å². The summed E-state index contributed by atoms with van der Waals surface area (Å²) in [5, 5.41) is 15.1. The first kappa shape index (κ1) is 20.4. The molecule has 3 N–H and O–H groups in total. The number of para-hydroxylation sites is 1. The van der Waals surface area contributed by atoms with Gasteiger partial charge in [-0.25, -0.2) is 4.79 Å². The molecule has 1 fully saturated rings. The predicted octanol–water partition coefficient (Wildman–Crippen LogP) is 2.92. The zero-order valence-electron chi connectivity index (χ0n) is 16.1. The molecule has 0 spiro atoms. The topological polar surface area (TPSA) is 98.7 Å². The first-order valence-corrected chi connectivity index (χ1v) is 9.71. The molecule has 0 radical (unpaired) electrons. The second-order valence-corrected chi connectivity index (χ2v) is 7.13. The number of piperidine rings is 1. The van der Waals surface area contributed by atoms with E-state index in [1.54, 1.807) is 29.2 Å². The Morgan fingerprint density at radius 3 is 2.34 bits per heavy atom. The zero-order chi connectivity index (χ0) is 20.6. The molecular weight excluding hydrogens is 370 g/mol. The molecule has 1 aliphatic rings. The van der Waals surface area contributed by atoms with Crippen molar-refractivity contribution in [1.29, 1.82) is 0 Å². The molecule has 0 aromatic heterocycles. The van der Waals surface area contributed by atoms with E-state index >= 15 is 0 Å². The van der Waals surface area contributed by atoms with Crippen molar-refractivity contribution in [2.24, 2.45) is 5.92 Å². The van der Waals surface area contributed by atoms with E-state index in [-0.39, 0.29) is 24.4 Å². The van der Waals surface area contributed by atoms with Crippen molar-refractivity contribution in [1.82, 2.24) is 10.2 Å². The first-order valence-electron chi connectivity index (χ1n) is 9.71. The minimum atomic E-state index is -0.982. The van der Waals surface area contributed by atoms with E-state index in [2.05, 4.69) is 10.6 Å². The van der Waals surface area contributed by atoms with E-state index in [0.717, 1.165) is 6.42 Å². The van der Waals surface area contributed by atoms with Gasteiger partial charge in [-0.05, 0) is 30.5 Å². The summed E-state index contributed by atoms with van der Waals surface area (Å²) in [7, 11) is 0. The lowest BCUT2D eigenvalue weighted by molar-refractivity contribution is -0.138. The second kappa shape index (κ2) is 9.73. The van der Waals surface area contributed by atoms with Gasteiger partial charge in [-0.3, -0.25) is 9.59 Å². The summed E-state index contributed by atoms with van der Waals surface area (Å²) in [5.41, 5.74) is 1.35. The van der Waals surface area contributed by atoms with E-state index < -0.39 is 11.9 Å². The molecule has 3 amide bonds. The number of anilines is 1. The number of benzene rings is 2. The van der Waals surface area contributed by atoms with Crippen LogP contribution in [0.1, 0.15) is 24.3 Å². The first-order chi connectivity index (χ1) is 14.0. The van der Waals surface area contributed by atoms with Gasteiger partial charge in [0.2, 0.25) is 5.91 Å². The molecule has 2 unspecified atom stereocenters. The molecule has 1 aliphatic heterocycles. The van der Waals surface area contributed by atoms with Crippen molar-refractivity contribution >= 4 is 23.6 Å². The summed E-state index contributed by atoms with van der Waals surface area (Å²) in [6, 6.07) is 17.8. The number of aliphatic carboxylic acids is 1. The monoisotopic (exact) mass is 395 g/mol. The van der Waals surface area contributed by atoms with Crippen LogP contribution in [0.25, 0.3) is 0 Å². The van der Waals surface area contributed by atoms with Gasteiger partial charge in [0.05, 0.1) is 11.8 Å². The van der Waals surface area contributed by atoms with Gasteiger partial charge >= 0.3 is 12.0 Å². The van der Waals surface area contributed by atoms with Gasteiger partial charge in [0, 0.05) is 25.3 Å². The average Bonchev–Trinajstić information content (AvgIpc) is 2.75. The van der Waals surface area contributed by atoms with Crippen molar-refractivity contribution in [3.05, 3.63) is 66.2 Å². The number of hydrogen-bond donors (Lipinski definition) is 3.